The third-order valence-electron chi connectivity index (χ3n) is 4.99. The van der Waals surface area contributed by atoms with Gasteiger partial charge in [-0.1, -0.05) is 6.07 Å². The molecule has 0 radical (unpaired) electrons. The highest BCUT2D eigenvalue weighted by Gasteiger charge is 2.27. The van der Waals surface area contributed by atoms with Gasteiger partial charge in [0.1, 0.15) is 5.82 Å². The molecule has 4 rings (SSSR count). The highest BCUT2D eigenvalue weighted by Crippen LogP contribution is 2.34. The van der Waals surface area contributed by atoms with Gasteiger partial charge in [-0.05, 0) is 37.5 Å². The standard InChI is InChI=1S/C19H22N4O3/c1-13(15-2-3-16-17(10-15)26-12-25-16)22-19(24)14-4-8-23(9-5-14)18-11-20-6-7-21-18/h2-3,6-7,10-11,13-14H,4-5,8-9,12H2,1H3,(H,22,24). The van der Waals surface area contributed by atoms with Crippen LogP contribution in [0.25, 0.3) is 0 Å². The Labute approximate surface area is 152 Å². The minimum Gasteiger partial charge on any atom is -0.454 e. The Bertz CT molecular complexity index is 776. The average molecular weight is 354 g/mol. The summed E-state index contributed by atoms with van der Waals surface area (Å²) in [6.45, 7) is 3.87. The largest absolute Gasteiger partial charge is 0.454 e. The van der Waals surface area contributed by atoms with Crippen molar-refractivity contribution in [2.24, 2.45) is 5.92 Å². The molecule has 0 spiro atoms. The smallest absolute Gasteiger partial charge is 0.231 e. The molecule has 1 amide bonds. The van der Waals surface area contributed by atoms with Crippen LogP contribution in [0.1, 0.15) is 31.4 Å². The van der Waals surface area contributed by atoms with Crippen LogP contribution < -0.4 is 19.7 Å². The van der Waals surface area contributed by atoms with Crippen molar-refractivity contribution >= 4 is 11.7 Å². The molecule has 136 valence electrons. The van der Waals surface area contributed by atoms with Gasteiger partial charge >= 0.3 is 0 Å². The van der Waals surface area contributed by atoms with Crippen LogP contribution in [0.2, 0.25) is 0 Å². The molecule has 0 aliphatic carbocycles. The molecule has 1 aromatic heterocycles. The van der Waals surface area contributed by atoms with Gasteiger partial charge in [0.05, 0.1) is 12.2 Å². The first-order valence-corrected chi connectivity index (χ1v) is 8.91. The number of nitrogens with one attached hydrogen (secondary N) is 1. The van der Waals surface area contributed by atoms with Crippen LogP contribution in [-0.4, -0.2) is 35.8 Å². The van der Waals surface area contributed by atoms with Crippen molar-refractivity contribution < 1.29 is 14.3 Å². The maximum Gasteiger partial charge on any atom is 0.231 e. The van der Waals surface area contributed by atoms with Crippen LogP contribution in [0.4, 0.5) is 5.82 Å². The fraction of sp³-hybridized carbons (Fsp3) is 0.421. The van der Waals surface area contributed by atoms with E-state index in [0.717, 1.165) is 48.8 Å². The van der Waals surface area contributed by atoms with E-state index in [0.29, 0.717) is 0 Å². The zero-order valence-electron chi connectivity index (χ0n) is 14.7. The summed E-state index contributed by atoms with van der Waals surface area (Å²) >= 11 is 0. The molecule has 1 saturated heterocycles. The molecule has 2 aliphatic heterocycles. The van der Waals surface area contributed by atoms with Crippen LogP contribution in [0.3, 0.4) is 0 Å². The number of fused-ring (bicyclic) bond motifs is 1. The van der Waals surface area contributed by atoms with E-state index in [1.165, 1.54) is 0 Å². The second-order valence-electron chi connectivity index (χ2n) is 6.67. The minimum absolute atomic E-state index is 0.0272. The van der Waals surface area contributed by atoms with Crippen molar-refractivity contribution in [2.75, 3.05) is 24.8 Å². The Morgan fingerprint density at radius 2 is 2.04 bits per heavy atom. The molecule has 1 fully saturated rings. The quantitative estimate of drug-likeness (QED) is 0.908. The van der Waals surface area contributed by atoms with E-state index in [9.17, 15) is 4.79 Å². The number of aromatic nitrogens is 2. The monoisotopic (exact) mass is 354 g/mol. The summed E-state index contributed by atoms with van der Waals surface area (Å²) in [5.74, 6) is 2.50. The zero-order valence-corrected chi connectivity index (χ0v) is 14.7. The summed E-state index contributed by atoms with van der Waals surface area (Å²) in [5.41, 5.74) is 1.01. The number of anilines is 1. The van der Waals surface area contributed by atoms with Gasteiger partial charge in [0.2, 0.25) is 12.7 Å². The molecule has 3 heterocycles. The van der Waals surface area contributed by atoms with Crippen molar-refractivity contribution in [3.8, 4) is 11.5 Å². The maximum absolute atomic E-state index is 12.6. The van der Waals surface area contributed by atoms with Crippen molar-refractivity contribution in [2.45, 2.75) is 25.8 Å². The van der Waals surface area contributed by atoms with Gasteiger partial charge in [-0.15, -0.1) is 0 Å². The predicted molar refractivity (Wildman–Crippen MR) is 96.1 cm³/mol. The van der Waals surface area contributed by atoms with Gasteiger partial charge in [-0.3, -0.25) is 9.78 Å². The van der Waals surface area contributed by atoms with E-state index < -0.39 is 0 Å². The molecular formula is C19H22N4O3. The Hall–Kier alpha value is -2.83. The highest BCUT2D eigenvalue weighted by molar-refractivity contribution is 5.79. The molecule has 7 heteroatoms. The number of ether oxygens (including phenoxy) is 2. The third-order valence-corrected chi connectivity index (χ3v) is 4.99. The van der Waals surface area contributed by atoms with Gasteiger partial charge in [0.25, 0.3) is 0 Å². The molecule has 0 saturated carbocycles. The van der Waals surface area contributed by atoms with E-state index in [2.05, 4.69) is 20.2 Å². The number of hydrogen-bond acceptors (Lipinski definition) is 6. The SMILES string of the molecule is CC(NC(=O)C1CCN(c2cnccn2)CC1)c1ccc2c(c1)OCO2. The molecule has 1 atom stereocenters. The zero-order chi connectivity index (χ0) is 17.9. The molecule has 1 aromatic carbocycles. The number of rotatable bonds is 4. The second kappa shape index (κ2) is 7.19. The lowest BCUT2D eigenvalue weighted by Gasteiger charge is -2.32. The van der Waals surface area contributed by atoms with Crippen molar-refractivity contribution in [3.63, 3.8) is 0 Å². The van der Waals surface area contributed by atoms with Crippen LogP contribution in [0.15, 0.2) is 36.8 Å². The topological polar surface area (TPSA) is 76.6 Å². The van der Waals surface area contributed by atoms with Gasteiger partial charge in [-0.2, -0.15) is 0 Å². The molecule has 0 bridgehead atoms. The number of nitrogens with zero attached hydrogens (tertiary/aromatic N) is 3. The van der Waals surface area contributed by atoms with E-state index in [-0.39, 0.29) is 24.7 Å². The minimum atomic E-state index is -0.0741. The molecule has 1 N–H and O–H groups in total. The summed E-state index contributed by atoms with van der Waals surface area (Å²) in [4.78, 5) is 23.3. The van der Waals surface area contributed by atoms with Crippen LogP contribution in [0.5, 0.6) is 11.5 Å². The van der Waals surface area contributed by atoms with Gasteiger partial charge in [-0.25, -0.2) is 4.98 Å². The van der Waals surface area contributed by atoms with Crippen molar-refractivity contribution in [1.82, 2.24) is 15.3 Å². The molecule has 26 heavy (non-hydrogen) atoms. The number of piperidine rings is 1. The summed E-state index contributed by atoms with van der Waals surface area (Å²) in [6, 6.07) is 5.72. The van der Waals surface area contributed by atoms with Crippen LogP contribution >= 0.6 is 0 Å². The van der Waals surface area contributed by atoms with Crippen LogP contribution in [-0.2, 0) is 4.79 Å². The first-order chi connectivity index (χ1) is 12.7. The molecule has 7 nitrogen and oxygen atoms in total. The lowest BCUT2D eigenvalue weighted by atomic mass is 9.95. The third kappa shape index (κ3) is 3.42. The summed E-state index contributed by atoms with van der Waals surface area (Å²) in [5, 5.41) is 3.13. The summed E-state index contributed by atoms with van der Waals surface area (Å²) in [7, 11) is 0. The summed E-state index contributed by atoms with van der Waals surface area (Å²) < 4.78 is 10.7. The Morgan fingerprint density at radius 3 is 2.81 bits per heavy atom. The van der Waals surface area contributed by atoms with E-state index in [1.54, 1.807) is 18.6 Å². The number of amides is 1. The lowest BCUT2D eigenvalue weighted by Crippen LogP contribution is -2.41. The van der Waals surface area contributed by atoms with Crippen LogP contribution in [0, 0.1) is 5.92 Å². The second-order valence-corrected chi connectivity index (χ2v) is 6.67. The Morgan fingerprint density at radius 1 is 1.23 bits per heavy atom. The average Bonchev–Trinajstić information content (AvgIpc) is 3.16. The Kier molecular flexibility index (Phi) is 4.60. The number of hydrogen-bond donors (Lipinski definition) is 1. The molecule has 2 aliphatic rings. The predicted octanol–water partition coefficient (Wildman–Crippen LogP) is 2.30. The molecule has 1 unspecified atom stereocenters. The van der Waals surface area contributed by atoms with E-state index >= 15 is 0 Å². The highest BCUT2D eigenvalue weighted by atomic mass is 16.7. The number of benzene rings is 1. The summed E-state index contributed by atoms with van der Waals surface area (Å²) in [6.07, 6.45) is 6.76. The van der Waals surface area contributed by atoms with Gasteiger partial charge in [0, 0.05) is 31.4 Å². The van der Waals surface area contributed by atoms with E-state index in [4.69, 9.17) is 9.47 Å². The lowest BCUT2D eigenvalue weighted by molar-refractivity contribution is -0.126. The molecular weight excluding hydrogens is 332 g/mol. The molecule has 2 aromatic rings. The van der Waals surface area contributed by atoms with Crippen molar-refractivity contribution in [1.29, 1.82) is 0 Å². The fourth-order valence-corrected chi connectivity index (χ4v) is 3.42. The first kappa shape index (κ1) is 16.6. The number of carbonyl (C=O) groups is 1. The van der Waals surface area contributed by atoms with Gasteiger partial charge in [0.15, 0.2) is 11.5 Å². The normalized spacial score (nSPS) is 17.8. The van der Waals surface area contributed by atoms with Crippen molar-refractivity contribution in [3.05, 3.63) is 42.4 Å². The van der Waals surface area contributed by atoms with Gasteiger partial charge < -0.3 is 19.7 Å². The van der Waals surface area contributed by atoms with E-state index in [1.807, 2.05) is 25.1 Å². The Balaban J connectivity index is 1.32. The number of carbonyl (C=O) groups excluding carboxylic acids is 1. The fourth-order valence-electron chi connectivity index (χ4n) is 3.42. The first-order valence-electron chi connectivity index (χ1n) is 8.91. The maximum atomic E-state index is 12.6.